The third-order valence-electron chi connectivity index (χ3n) is 4.42. The second-order valence-electron chi connectivity index (χ2n) is 6.54. The maximum Gasteiger partial charge on any atom is 0.352 e. The molecule has 0 aliphatic carbocycles. The van der Waals surface area contributed by atoms with Gasteiger partial charge in [-0.2, -0.15) is 4.98 Å². The molecule has 9 heteroatoms. The minimum Gasteiger partial charge on any atom is -0.324 e. The average Bonchev–Trinajstić information content (AvgIpc) is 2.72. The first kappa shape index (κ1) is 19.5. The van der Waals surface area contributed by atoms with Gasteiger partial charge in [-0.15, -0.1) is 0 Å². The predicted molar refractivity (Wildman–Crippen MR) is 113 cm³/mol. The van der Waals surface area contributed by atoms with Gasteiger partial charge in [0, 0.05) is 23.1 Å². The molecule has 0 atom stereocenters. The first-order valence-electron chi connectivity index (χ1n) is 9.06. The van der Waals surface area contributed by atoms with Crippen LogP contribution in [0.25, 0.3) is 11.4 Å². The molecule has 0 spiro atoms. The number of hydrogen-bond donors (Lipinski definition) is 1. The Morgan fingerprint density at radius 2 is 1.93 bits per heavy atom. The van der Waals surface area contributed by atoms with Gasteiger partial charge in [0.15, 0.2) is 5.82 Å². The first-order chi connectivity index (χ1) is 14.5. The molecule has 0 saturated heterocycles. The summed E-state index contributed by atoms with van der Waals surface area (Å²) in [6, 6.07) is 15.2. The van der Waals surface area contributed by atoms with Crippen molar-refractivity contribution in [3.8, 4) is 11.4 Å². The fourth-order valence-corrected chi connectivity index (χ4v) is 3.25. The molecule has 0 bridgehead atoms. The fraction of sp³-hybridized carbons (Fsp3) is 0.0952. The second-order valence-corrected chi connectivity index (χ2v) is 6.98. The number of aromatic nitrogens is 4. The van der Waals surface area contributed by atoms with Gasteiger partial charge in [-0.05, 0) is 42.5 Å². The second kappa shape index (κ2) is 8.30. The molecule has 8 nitrogen and oxygen atoms in total. The van der Waals surface area contributed by atoms with Crippen LogP contribution in [0.4, 0.5) is 5.69 Å². The molecule has 2 aliphatic heterocycles. The van der Waals surface area contributed by atoms with E-state index in [0.717, 1.165) is 4.57 Å². The fourth-order valence-electron chi connectivity index (χ4n) is 3.06. The number of rotatable bonds is 5. The van der Waals surface area contributed by atoms with Crippen molar-refractivity contribution < 1.29 is 4.79 Å². The summed E-state index contributed by atoms with van der Waals surface area (Å²) in [5, 5.41) is 3.22. The monoisotopic (exact) mass is 421 g/mol. The molecule has 0 unspecified atom stereocenters. The standard InChI is InChI=1S/C21H16ClN5O3/c22-14-5-3-7-15(11-14)24-18(28)13-26-10-4-8-17-19(26)25-21(30)27(20(17)29)12-16-6-1-2-9-23-16/h1-11H,12-13H2,(H,24,28). The molecular weight excluding hydrogens is 406 g/mol. The van der Waals surface area contributed by atoms with E-state index in [9.17, 15) is 14.4 Å². The Kier molecular flexibility index (Phi) is 5.40. The average molecular weight is 422 g/mol. The van der Waals surface area contributed by atoms with Crippen molar-refractivity contribution in [2.45, 2.75) is 13.1 Å². The van der Waals surface area contributed by atoms with E-state index in [0.29, 0.717) is 16.4 Å². The maximum atomic E-state index is 12.9. The molecular formula is C21H16ClN5O3. The summed E-state index contributed by atoms with van der Waals surface area (Å²) in [5.41, 5.74) is 0.170. The zero-order valence-corrected chi connectivity index (χ0v) is 16.4. The van der Waals surface area contributed by atoms with Crippen LogP contribution in [-0.4, -0.2) is 25.0 Å². The summed E-state index contributed by atoms with van der Waals surface area (Å²) in [4.78, 5) is 46.0. The van der Waals surface area contributed by atoms with E-state index in [4.69, 9.17) is 11.6 Å². The van der Waals surface area contributed by atoms with Crippen LogP contribution in [-0.2, 0) is 17.9 Å². The Labute approximate surface area is 175 Å². The van der Waals surface area contributed by atoms with Gasteiger partial charge >= 0.3 is 5.69 Å². The normalized spacial score (nSPS) is 10.8. The Balaban J connectivity index is 1.64. The predicted octanol–water partition coefficient (Wildman–Crippen LogP) is 2.25. The number of pyridine rings is 2. The minimum absolute atomic E-state index is 0.0194. The first-order valence-corrected chi connectivity index (χ1v) is 9.44. The van der Waals surface area contributed by atoms with Gasteiger partial charge in [-0.3, -0.25) is 19.1 Å². The molecule has 2 aromatic rings. The number of nitrogens with zero attached hydrogens (tertiary/aromatic N) is 4. The van der Waals surface area contributed by atoms with Gasteiger partial charge in [0.1, 0.15) is 6.54 Å². The van der Waals surface area contributed by atoms with Crippen molar-refractivity contribution in [2.24, 2.45) is 0 Å². The van der Waals surface area contributed by atoms with Gasteiger partial charge in [-0.1, -0.05) is 23.7 Å². The lowest BCUT2D eigenvalue weighted by Crippen LogP contribution is -2.38. The highest BCUT2D eigenvalue weighted by Gasteiger charge is 2.18. The molecule has 4 rings (SSSR count). The number of carbonyl (C=O) groups is 1. The third kappa shape index (κ3) is 4.13. The topological polar surface area (TPSA) is 98.9 Å². The van der Waals surface area contributed by atoms with Crippen LogP contribution in [0, 0.1) is 0 Å². The summed E-state index contributed by atoms with van der Waals surface area (Å²) in [6.07, 6.45) is 3.18. The number of carbonyl (C=O) groups excluding carboxylic acids is 1. The number of amides is 1. The summed E-state index contributed by atoms with van der Waals surface area (Å²) in [5.74, 6) is -0.201. The number of hydrogen-bond acceptors (Lipinski definition) is 5. The Hall–Kier alpha value is -3.78. The van der Waals surface area contributed by atoms with E-state index < -0.39 is 11.2 Å². The van der Waals surface area contributed by atoms with Crippen LogP contribution >= 0.6 is 11.6 Å². The highest BCUT2D eigenvalue weighted by molar-refractivity contribution is 6.30. The van der Waals surface area contributed by atoms with Crippen molar-refractivity contribution in [3.05, 3.63) is 98.5 Å². The van der Waals surface area contributed by atoms with Crippen molar-refractivity contribution >= 4 is 23.2 Å². The number of anilines is 1. The lowest BCUT2D eigenvalue weighted by atomic mass is 10.2. The van der Waals surface area contributed by atoms with E-state index >= 15 is 0 Å². The van der Waals surface area contributed by atoms with Crippen molar-refractivity contribution in [2.75, 3.05) is 5.32 Å². The number of fused-ring (bicyclic) bond motifs is 1. The van der Waals surface area contributed by atoms with E-state index in [1.165, 1.54) is 4.57 Å². The molecule has 1 N–H and O–H groups in total. The van der Waals surface area contributed by atoms with E-state index in [1.54, 1.807) is 67.0 Å². The molecule has 0 radical (unpaired) electrons. The van der Waals surface area contributed by atoms with Crippen LogP contribution in [0.2, 0.25) is 5.02 Å². The lowest BCUT2D eigenvalue weighted by molar-refractivity contribution is -0.116. The summed E-state index contributed by atoms with van der Waals surface area (Å²) in [7, 11) is 0. The molecule has 150 valence electrons. The van der Waals surface area contributed by atoms with Crippen LogP contribution < -0.4 is 16.6 Å². The van der Waals surface area contributed by atoms with Crippen LogP contribution in [0.1, 0.15) is 5.69 Å². The molecule has 1 aromatic carbocycles. The van der Waals surface area contributed by atoms with E-state index in [-0.39, 0.29) is 30.4 Å². The molecule has 0 saturated carbocycles. The summed E-state index contributed by atoms with van der Waals surface area (Å²) >= 11 is 5.93. The largest absolute Gasteiger partial charge is 0.352 e. The van der Waals surface area contributed by atoms with Crippen molar-refractivity contribution in [3.63, 3.8) is 0 Å². The molecule has 0 fully saturated rings. The van der Waals surface area contributed by atoms with Gasteiger partial charge in [0.2, 0.25) is 5.91 Å². The van der Waals surface area contributed by atoms with Gasteiger partial charge in [0.05, 0.1) is 17.8 Å². The molecule has 1 amide bonds. The van der Waals surface area contributed by atoms with E-state index in [2.05, 4.69) is 15.3 Å². The number of benzene rings is 1. The van der Waals surface area contributed by atoms with Gasteiger partial charge < -0.3 is 9.88 Å². The zero-order valence-electron chi connectivity index (χ0n) is 15.7. The zero-order chi connectivity index (χ0) is 21.1. The molecule has 30 heavy (non-hydrogen) atoms. The summed E-state index contributed by atoms with van der Waals surface area (Å²) < 4.78 is 2.49. The smallest absolute Gasteiger partial charge is 0.324 e. The highest BCUT2D eigenvalue weighted by Crippen LogP contribution is 2.16. The van der Waals surface area contributed by atoms with Gasteiger partial charge in [-0.25, -0.2) is 4.79 Å². The molecule has 1 aromatic heterocycles. The van der Waals surface area contributed by atoms with Crippen molar-refractivity contribution in [1.29, 1.82) is 0 Å². The third-order valence-corrected chi connectivity index (χ3v) is 4.65. The Morgan fingerprint density at radius 3 is 2.70 bits per heavy atom. The number of nitrogens with one attached hydrogen (secondary N) is 1. The van der Waals surface area contributed by atoms with Crippen LogP contribution in [0.5, 0.6) is 0 Å². The quantitative estimate of drug-likeness (QED) is 0.533. The molecule has 3 heterocycles. The number of halogens is 1. The summed E-state index contributed by atoms with van der Waals surface area (Å²) in [6.45, 7) is -0.106. The minimum atomic E-state index is -0.701. The maximum absolute atomic E-state index is 12.9. The Bertz CT molecular complexity index is 1300. The Morgan fingerprint density at radius 1 is 1.07 bits per heavy atom. The SMILES string of the molecule is O=C(Cn1cccc2c(=O)n(Cc3ccccn3)c(=O)nc1-2)Nc1cccc(Cl)c1. The lowest BCUT2D eigenvalue weighted by Gasteiger charge is -2.15. The van der Waals surface area contributed by atoms with E-state index in [1.807, 2.05) is 0 Å². The van der Waals surface area contributed by atoms with Crippen molar-refractivity contribution in [1.82, 2.24) is 19.1 Å². The van der Waals surface area contributed by atoms with Gasteiger partial charge in [0.25, 0.3) is 5.56 Å². The van der Waals surface area contributed by atoms with Crippen LogP contribution in [0.3, 0.4) is 0 Å². The molecule has 2 aliphatic rings. The van der Waals surface area contributed by atoms with Crippen LogP contribution in [0.15, 0.2) is 76.6 Å². The highest BCUT2D eigenvalue weighted by atomic mass is 35.5.